The van der Waals surface area contributed by atoms with E-state index in [1.807, 2.05) is 0 Å². The average Bonchev–Trinajstić information content (AvgIpc) is 2.40. The molecule has 8 nitrogen and oxygen atoms in total. The number of carboxylic acid groups (broad SMARTS) is 1. The number of hydrogen-bond donors (Lipinski definition) is 2. The van der Waals surface area contributed by atoms with Crippen LogP contribution in [0.4, 0.5) is 11.5 Å². The van der Waals surface area contributed by atoms with E-state index in [0.717, 1.165) is 25.3 Å². The predicted molar refractivity (Wildman–Crippen MR) is 74.5 cm³/mol. The Morgan fingerprint density at radius 3 is 2.67 bits per heavy atom. The largest absolute Gasteiger partial charge is 0.477 e. The summed E-state index contributed by atoms with van der Waals surface area (Å²) in [5.74, 6) is -1.14. The third-order valence-electron chi connectivity index (χ3n) is 3.61. The fourth-order valence-corrected chi connectivity index (χ4v) is 2.31. The fraction of sp³-hybridized carbons (Fsp3) is 0.538. The zero-order valence-corrected chi connectivity index (χ0v) is 11.4. The number of aromatic nitrogens is 1. The Morgan fingerprint density at radius 1 is 1.48 bits per heavy atom. The molecule has 0 atom stereocenters. The molecular weight excluding hydrogens is 278 g/mol. The molecule has 1 saturated carbocycles. The molecule has 8 heteroatoms. The molecule has 2 rings (SSSR count). The Labute approximate surface area is 121 Å². The molecule has 1 aliphatic rings. The van der Waals surface area contributed by atoms with E-state index in [0.29, 0.717) is 13.0 Å². The van der Waals surface area contributed by atoms with Gasteiger partial charge in [0.15, 0.2) is 5.69 Å². The van der Waals surface area contributed by atoms with Crippen molar-refractivity contribution in [2.45, 2.75) is 31.7 Å². The number of aromatic carboxylic acids is 1. The molecule has 0 saturated heterocycles. The van der Waals surface area contributed by atoms with Crippen molar-refractivity contribution in [3.05, 3.63) is 27.9 Å². The second kappa shape index (κ2) is 6.49. The summed E-state index contributed by atoms with van der Waals surface area (Å²) in [6.07, 6.45) is 3.27. The predicted octanol–water partition coefficient (Wildman–Crippen LogP) is 1.43. The van der Waals surface area contributed by atoms with E-state index in [9.17, 15) is 14.9 Å². The summed E-state index contributed by atoms with van der Waals surface area (Å²) in [5, 5.41) is 29.1. The number of aliphatic hydroxyl groups excluding tert-OH is 1. The highest BCUT2D eigenvalue weighted by Crippen LogP contribution is 2.34. The van der Waals surface area contributed by atoms with Crippen molar-refractivity contribution in [3.8, 4) is 0 Å². The van der Waals surface area contributed by atoms with Crippen LogP contribution in [0.2, 0.25) is 0 Å². The Kier molecular flexibility index (Phi) is 4.69. The molecule has 1 aromatic rings. The molecule has 1 aromatic heterocycles. The van der Waals surface area contributed by atoms with Gasteiger partial charge in [-0.25, -0.2) is 9.78 Å². The van der Waals surface area contributed by atoms with Gasteiger partial charge < -0.3 is 15.1 Å². The first-order chi connectivity index (χ1) is 10.0. The standard InChI is InChI=1S/C13H17N3O5/c17-8-2-7-15(9-3-1-4-9)12-11(16(20)21)6-5-10(14-12)13(18)19/h5-6,9,17H,1-4,7-8H2,(H,18,19). The van der Waals surface area contributed by atoms with Gasteiger partial charge in [-0.05, 0) is 31.7 Å². The van der Waals surface area contributed by atoms with E-state index in [4.69, 9.17) is 10.2 Å². The molecule has 1 aliphatic carbocycles. The molecule has 0 bridgehead atoms. The first-order valence-electron chi connectivity index (χ1n) is 6.81. The molecule has 0 aliphatic heterocycles. The quantitative estimate of drug-likeness (QED) is 0.577. The highest BCUT2D eigenvalue weighted by atomic mass is 16.6. The molecule has 0 spiro atoms. The smallest absolute Gasteiger partial charge is 0.354 e. The van der Waals surface area contributed by atoms with Crippen molar-refractivity contribution in [2.75, 3.05) is 18.1 Å². The van der Waals surface area contributed by atoms with Gasteiger partial charge in [0.05, 0.1) is 4.92 Å². The molecule has 1 fully saturated rings. The topological polar surface area (TPSA) is 117 Å². The van der Waals surface area contributed by atoms with Crippen molar-refractivity contribution in [1.29, 1.82) is 0 Å². The van der Waals surface area contributed by atoms with Gasteiger partial charge in [-0.1, -0.05) is 0 Å². The van der Waals surface area contributed by atoms with Crippen molar-refractivity contribution >= 4 is 17.5 Å². The minimum Gasteiger partial charge on any atom is -0.477 e. The maximum atomic E-state index is 11.2. The van der Waals surface area contributed by atoms with Gasteiger partial charge in [0, 0.05) is 25.3 Å². The van der Waals surface area contributed by atoms with Crippen LogP contribution in [0.5, 0.6) is 0 Å². The van der Waals surface area contributed by atoms with Crippen LogP contribution in [0, 0.1) is 10.1 Å². The molecule has 21 heavy (non-hydrogen) atoms. The summed E-state index contributed by atoms with van der Waals surface area (Å²) >= 11 is 0. The van der Waals surface area contributed by atoms with E-state index in [1.54, 1.807) is 4.90 Å². The van der Waals surface area contributed by atoms with Crippen LogP contribution in [-0.4, -0.2) is 45.3 Å². The van der Waals surface area contributed by atoms with Crippen LogP contribution in [0.3, 0.4) is 0 Å². The first-order valence-corrected chi connectivity index (χ1v) is 6.81. The number of nitrogens with zero attached hydrogens (tertiary/aromatic N) is 3. The zero-order chi connectivity index (χ0) is 15.4. The fourth-order valence-electron chi connectivity index (χ4n) is 2.31. The van der Waals surface area contributed by atoms with Crippen molar-refractivity contribution in [3.63, 3.8) is 0 Å². The number of pyridine rings is 1. The van der Waals surface area contributed by atoms with Gasteiger partial charge >= 0.3 is 11.7 Å². The Balaban J connectivity index is 2.41. The summed E-state index contributed by atoms with van der Waals surface area (Å²) < 4.78 is 0. The lowest BCUT2D eigenvalue weighted by Gasteiger charge is -2.38. The van der Waals surface area contributed by atoms with Gasteiger partial charge in [0.1, 0.15) is 0 Å². The number of carbonyl (C=O) groups is 1. The van der Waals surface area contributed by atoms with Crippen LogP contribution in [0.1, 0.15) is 36.2 Å². The summed E-state index contributed by atoms with van der Waals surface area (Å²) in [4.78, 5) is 27.3. The van der Waals surface area contributed by atoms with Crippen LogP contribution in [-0.2, 0) is 0 Å². The average molecular weight is 295 g/mol. The first kappa shape index (κ1) is 15.2. The van der Waals surface area contributed by atoms with Crippen LogP contribution < -0.4 is 4.90 Å². The van der Waals surface area contributed by atoms with E-state index in [2.05, 4.69) is 4.98 Å². The van der Waals surface area contributed by atoms with Crippen molar-refractivity contribution in [1.82, 2.24) is 4.98 Å². The third-order valence-corrected chi connectivity index (χ3v) is 3.61. The van der Waals surface area contributed by atoms with Crippen LogP contribution >= 0.6 is 0 Å². The van der Waals surface area contributed by atoms with Gasteiger partial charge in [0.2, 0.25) is 5.82 Å². The number of nitro groups is 1. The highest BCUT2D eigenvalue weighted by molar-refractivity contribution is 5.86. The van der Waals surface area contributed by atoms with Gasteiger partial charge in [-0.3, -0.25) is 10.1 Å². The van der Waals surface area contributed by atoms with Crippen molar-refractivity contribution in [2.24, 2.45) is 0 Å². The lowest BCUT2D eigenvalue weighted by molar-refractivity contribution is -0.384. The molecule has 0 amide bonds. The van der Waals surface area contributed by atoms with E-state index < -0.39 is 10.9 Å². The third kappa shape index (κ3) is 3.27. The van der Waals surface area contributed by atoms with E-state index in [-0.39, 0.29) is 29.8 Å². The second-order valence-corrected chi connectivity index (χ2v) is 4.96. The molecule has 0 unspecified atom stereocenters. The van der Waals surface area contributed by atoms with Crippen molar-refractivity contribution < 1.29 is 19.9 Å². The van der Waals surface area contributed by atoms with Crippen LogP contribution in [0.15, 0.2) is 12.1 Å². The summed E-state index contributed by atoms with van der Waals surface area (Å²) in [6, 6.07) is 2.43. The van der Waals surface area contributed by atoms with Gasteiger partial charge in [-0.2, -0.15) is 0 Å². The Hall–Kier alpha value is -2.22. The molecule has 0 radical (unpaired) electrons. The molecule has 2 N–H and O–H groups in total. The molecule has 114 valence electrons. The lowest BCUT2D eigenvalue weighted by atomic mass is 9.91. The number of hydrogen-bond acceptors (Lipinski definition) is 6. The number of carboxylic acids is 1. The second-order valence-electron chi connectivity index (χ2n) is 4.96. The SMILES string of the molecule is O=C(O)c1ccc([N+](=O)[O-])c(N(CCCO)C2CCC2)n1. The maximum Gasteiger partial charge on any atom is 0.354 e. The van der Waals surface area contributed by atoms with Crippen LogP contribution in [0.25, 0.3) is 0 Å². The minimum absolute atomic E-state index is 0.0321. The lowest BCUT2D eigenvalue weighted by Crippen LogP contribution is -2.42. The molecular formula is C13H17N3O5. The zero-order valence-electron chi connectivity index (χ0n) is 11.4. The minimum atomic E-state index is -1.22. The Morgan fingerprint density at radius 2 is 2.19 bits per heavy atom. The maximum absolute atomic E-state index is 11.2. The van der Waals surface area contributed by atoms with Gasteiger partial charge in [0.25, 0.3) is 0 Å². The Bertz CT molecular complexity index is 545. The highest BCUT2D eigenvalue weighted by Gasteiger charge is 2.31. The van der Waals surface area contributed by atoms with Gasteiger partial charge in [-0.15, -0.1) is 0 Å². The summed E-state index contributed by atoms with van der Waals surface area (Å²) in [5.41, 5.74) is -0.422. The summed E-state index contributed by atoms with van der Waals surface area (Å²) in [7, 11) is 0. The van der Waals surface area contributed by atoms with E-state index in [1.165, 1.54) is 6.07 Å². The normalized spacial score (nSPS) is 14.5. The summed E-state index contributed by atoms with van der Waals surface area (Å²) in [6.45, 7) is 0.383. The monoisotopic (exact) mass is 295 g/mol. The number of anilines is 1. The van der Waals surface area contributed by atoms with E-state index >= 15 is 0 Å². The molecule has 1 heterocycles. The number of aliphatic hydroxyl groups is 1. The number of rotatable bonds is 7. The molecule has 0 aromatic carbocycles.